The number of amides is 2. The summed E-state index contributed by atoms with van der Waals surface area (Å²) in [6.07, 6.45) is -0.00458. The summed E-state index contributed by atoms with van der Waals surface area (Å²) in [4.78, 5) is 42.3. The molecule has 0 bridgehead atoms. The number of hydrogen-bond donors (Lipinski definition) is 5. The number of nitrogens with one attached hydrogen (secondary N) is 2. The van der Waals surface area contributed by atoms with Crippen LogP contribution in [0.25, 0.3) is 0 Å². The zero-order valence-corrected chi connectivity index (χ0v) is 20.2. The van der Waals surface area contributed by atoms with Crippen molar-refractivity contribution >= 4 is 74.2 Å². The maximum absolute atomic E-state index is 12.7. The number of β-lactam (4-membered cyclic amide) rings is 1. The number of fused-ring (bicyclic) bond motifs is 1. The number of carboxylic acid groups (broad SMARTS) is 1. The summed E-state index contributed by atoms with van der Waals surface area (Å²) in [5.74, 6) is -1.27. The number of aliphatic hydroxyl groups is 1. The van der Waals surface area contributed by atoms with Crippen LogP contribution in [0, 0.1) is 0 Å². The molecule has 16 heteroatoms. The van der Waals surface area contributed by atoms with Crippen molar-refractivity contribution in [3.63, 3.8) is 0 Å². The van der Waals surface area contributed by atoms with Crippen LogP contribution >= 0.6 is 46.2 Å². The minimum absolute atomic E-state index is 0.00458. The van der Waals surface area contributed by atoms with Crippen LogP contribution in [0.1, 0.15) is 5.69 Å². The summed E-state index contributed by atoms with van der Waals surface area (Å²) in [6, 6.07) is -0.787. The summed E-state index contributed by atoms with van der Waals surface area (Å²) in [6.45, 7) is 0.332. The lowest BCUT2D eigenvalue weighted by atomic mass is 10.0. The number of carboxylic acids is 1. The maximum Gasteiger partial charge on any atom is 0.352 e. The third kappa shape index (κ3) is 5.24. The van der Waals surface area contributed by atoms with Gasteiger partial charge in [-0.1, -0.05) is 23.1 Å². The first-order valence-electron chi connectivity index (χ1n) is 9.57. The molecule has 1 fully saturated rings. The third-order valence-electron chi connectivity index (χ3n) is 4.64. The topological polar surface area (TPSA) is 184 Å². The zero-order chi connectivity index (χ0) is 23.5. The predicted octanol–water partition coefficient (Wildman–Crippen LogP) is 0.0544. The fraction of sp³-hybridized carbons (Fsp3) is 0.412. The normalized spacial score (nSPS) is 19.8. The molecule has 1 saturated heterocycles. The van der Waals surface area contributed by atoms with Crippen molar-refractivity contribution in [1.82, 2.24) is 25.4 Å². The number of nitrogens with two attached hydrogens (primary N) is 1. The van der Waals surface area contributed by atoms with Gasteiger partial charge in [-0.25, -0.2) is 9.78 Å². The number of thiazole rings is 1. The Morgan fingerprint density at radius 2 is 2.18 bits per heavy atom. The number of anilines is 2. The molecule has 0 saturated carbocycles. The van der Waals surface area contributed by atoms with Gasteiger partial charge in [0.2, 0.25) is 11.0 Å². The van der Waals surface area contributed by atoms with Gasteiger partial charge in [-0.3, -0.25) is 14.5 Å². The monoisotopic (exact) mass is 529 g/mol. The lowest BCUT2D eigenvalue weighted by Gasteiger charge is -2.49. The van der Waals surface area contributed by atoms with Gasteiger partial charge in [-0.05, 0) is 5.57 Å². The number of carbonyl (C=O) groups excluding carboxylic acids is 2. The molecule has 12 nitrogen and oxygen atoms in total. The number of thioether (sulfide) groups is 2. The Bertz CT molecular complexity index is 1100. The number of nitrogens with zero attached hydrogens (tertiary/aromatic N) is 4. The number of carbonyl (C=O) groups is 3. The smallest absolute Gasteiger partial charge is 0.352 e. The van der Waals surface area contributed by atoms with E-state index in [-0.39, 0.29) is 24.6 Å². The average Bonchev–Trinajstić information content (AvgIpc) is 3.42. The van der Waals surface area contributed by atoms with Gasteiger partial charge in [-0.2, -0.15) is 0 Å². The Morgan fingerprint density at radius 1 is 1.36 bits per heavy atom. The second-order valence-corrected chi connectivity index (χ2v) is 11.1. The van der Waals surface area contributed by atoms with Crippen molar-refractivity contribution in [2.24, 2.45) is 0 Å². The number of rotatable bonds is 10. The highest BCUT2D eigenvalue weighted by Gasteiger charge is 2.54. The van der Waals surface area contributed by atoms with Gasteiger partial charge >= 0.3 is 5.97 Å². The highest BCUT2D eigenvalue weighted by Crippen LogP contribution is 2.42. The standard InChI is InChI=1S/C17H19N7O5S4/c18-15-20-8(6-31-15)3-9(26)21-10-12(27)24-11(14(28)29)7(4-30-13(10)24)5-32-17-23-22-16(33-17)19-1-2-25/h6,10,13,25H,1-5H2,(H2,18,20)(H,19,22)(H,21,26)(H,28,29)/t10?,13-/m0/s1. The van der Waals surface area contributed by atoms with Gasteiger partial charge in [0.1, 0.15) is 17.1 Å². The lowest BCUT2D eigenvalue weighted by Crippen LogP contribution is -2.70. The van der Waals surface area contributed by atoms with Crippen LogP contribution in [0.4, 0.5) is 10.3 Å². The molecule has 2 aromatic rings. The van der Waals surface area contributed by atoms with Crippen molar-refractivity contribution in [1.29, 1.82) is 0 Å². The summed E-state index contributed by atoms with van der Waals surface area (Å²) in [5.41, 5.74) is 6.65. The van der Waals surface area contributed by atoms with E-state index in [4.69, 9.17) is 10.8 Å². The summed E-state index contributed by atoms with van der Waals surface area (Å²) in [7, 11) is 0. The number of aliphatic carboxylic acids is 1. The molecule has 4 rings (SSSR count). The van der Waals surface area contributed by atoms with Crippen molar-refractivity contribution in [3.05, 3.63) is 22.3 Å². The van der Waals surface area contributed by atoms with E-state index in [1.54, 1.807) is 5.38 Å². The molecule has 0 spiro atoms. The van der Waals surface area contributed by atoms with Crippen molar-refractivity contribution < 1.29 is 24.6 Å². The van der Waals surface area contributed by atoms with Gasteiger partial charge in [0.15, 0.2) is 9.47 Å². The Hall–Kier alpha value is -2.40. The minimum atomic E-state index is -1.19. The van der Waals surface area contributed by atoms with Crippen LogP contribution in [0.15, 0.2) is 21.0 Å². The van der Waals surface area contributed by atoms with Crippen LogP contribution in [-0.4, -0.2) is 84.2 Å². The van der Waals surface area contributed by atoms with Crippen LogP contribution in [0.3, 0.4) is 0 Å². The minimum Gasteiger partial charge on any atom is -0.477 e. The quantitative estimate of drug-likeness (QED) is 0.206. The molecule has 0 aliphatic carbocycles. The molecule has 1 unspecified atom stereocenters. The van der Waals surface area contributed by atoms with E-state index in [1.165, 1.54) is 51.1 Å². The molecule has 0 aromatic carbocycles. The fourth-order valence-electron chi connectivity index (χ4n) is 3.24. The van der Waals surface area contributed by atoms with E-state index in [1.807, 2.05) is 0 Å². The number of hydrogen-bond acceptors (Lipinski definition) is 13. The molecule has 2 aliphatic rings. The van der Waals surface area contributed by atoms with Gasteiger partial charge < -0.3 is 26.6 Å². The van der Waals surface area contributed by atoms with E-state index < -0.39 is 23.3 Å². The molecule has 6 N–H and O–H groups in total. The highest BCUT2D eigenvalue weighted by molar-refractivity contribution is 8.01. The molecular formula is C17H19N7O5S4. The Morgan fingerprint density at radius 3 is 2.88 bits per heavy atom. The zero-order valence-electron chi connectivity index (χ0n) is 16.9. The van der Waals surface area contributed by atoms with Gasteiger partial charge in [0.25, 0.3) is 5.91 Å². The summed E-state index contributed by atoms with van der Waals surface area (Å²) < 4.78 is 0.641. The fourth-order valence-corrected chi connectivity index (χ4v) is 7.06. The molecule has 2 amide bonds. The van der Waals surface area contributed by atoms with Gasteiger partial charge in [0.05, 0.1) is 18.7 Å². The predicted molar refractivity (Wildman–Crippen MR) is 126 cm³/mol. The largest absolute Gasteiger partial charge is 0.477 e. The Kier molecular flexibility index (Phi) is 7.38. The van der Waals surface area contributed by atoms with E-state index >= 15 is 0 Å². The van der Waals surface area contributed by atoms with Crippen molar-refractivity contribution in [2.45, 2.75) is 22.2 Å². The first-order valence-corrected chi connectivity index (χ1v) is 13.3. The highest BCUT2D eigenvalue weighted by atomic mass is 32.2. The van der Waals surface area contributed by atoms with Crippen LogP contribution in [-0.2, 0) is 20.8 Å². The second kappa shape index (κ2) is 10.3. The van der Waals surface area contributed by atoms with Crippen molar-refractivity contribution in [2.75, 3.05) is 35.7 Å². The first-order chi connectivity index (χ1) is 15.9. The molecule has 176 valence electrons. The third-order valence-corrected chi connectivity index (χ3v) is 8.80. The van der Waals surface area contributed by atoms with E-state index in [0.717, 1.165) is 0 Å². The molecule has 2 aliphatic heterocycles. The molecular weight excluding hydrogens is 510 g/mol. The van der Waals surface area contributed by atoms with Crippen molar-refractivity contribution in [3.8, 4) is 0 Å². The maximum atomic E-state index is 12.7. The van der Waals surface area contributed by atoms with Crippen LogP contribution in [0.5, 0.6) is 0 Å². The molecule has 0 radical (unpaired) electrons. The number of aromatic nitrogens is 3. The number of aliphatic hydroxyl groups excluding tert-OH is 1. The first kappa shape index (κ1) is 23.7. The molecule has 2 aromatic heterocycles. The summed E-state index contributed by atoms with van der Waals surface area (Å²) >= 11 is 5.26. The van der Waals surface area contributed by atoms with E-state index in [0.29, 0.717) is 43.9 Å². The molecule has 4 heterocycles. The summed E-state index contributed by atoms with van der Waals surface area (Å²) in [5, 5.41) is 34.4. The van der Waals surface area contributed by atoms with E-state index in [9.17, 15) is 19.5 Å². The van der Waals surface area contributed by atoms with Gasteiger partial charge in [-0.15, -0.1) is 33.3 Å². The lowest BCUT2D eigenvalue weighted by molar-refractivity contribution is -0.150. The number of nitrogen functional groups attached to an aromatic ring is 1. The molecule has 33 heavy (non-hydrogen) atoms. The van der Waals surface area contributed by atoms with Crippen LogP contribution < -0.4 is 16.4 Å². The average molecular weight is 530 g/mol. The Balaban J connectivity index is 1.39. The van der Waals surface area contributed by atoms with Crippen LogP contribution in [0.2, 0.25) is 0 Å². The van der Waals surface area contributed by atoms with E-state index in [2.05, 4.69) is 25.8 Å². The molecule has 2 atom stereocenters. The SMILES string of the molecule is Nc1nc(CC(=O)NC2C(=O)N3C(C(=O)O)=C(CSc4nnc(NCCO)s4)CS[C@@H]23)cs1. The van der Waals surface area contributed by atoms with Gasteiger partial charge in [0, 0.05) is 23.4 Å². The Labute approximate surface area is 204 Å². The second-order valence-electron chi connectivity index (χ2n) is 6.88.